The first-order valence-corrected chi connectivity index (χ1v) is 16.6. The van der Waals surface area contributed by atoms with Crippen LogP contribution in [0, 0.1) is 0 Å². The van der Waals surface area contributed by atoms with Crippen LogP contribution >= 0.6 is 11.8 Å². The molecule has 5 atom stereocenters. The maximum Gasteiger partial charge on any atom is 0.328 e. The number of hydrogen-bond donors (Lipinski definition) is 10. The average molecular weight is 700 g/mol. The third kappa shape index (κ3) is 11.5. The quantitative estimate of drug-likeness (QED) is 0.0697. The minimum atomic E-state index is -1.60. The zero-order valence-corrected chi connectivity index (χ0v) is 27.5. The number of para-hydroxylation sites is 1. The molecule has 0 aliphatic carbocycles. The van der Waals surface area contributed by atoms with Gasteiger partial charge in [0.05, 0.1) is 19.1 Å². The highest BCUT2D eigenvalue weighted by molar-refractivity contribution is 7.98. The number of carbonyl (C=O) groups is 6. The van der Waals surface area contributed by atoms with Crippen LogP contribution in [-0.4, -0.2) is 105 Å². The van der Waals surface area contributed by atoms with Crippen LogP contribution in [0.1, 0.15) is 24.0 Å². The smallest absolute Gasteiger partial charge is 0.328 e. The number of hydrogen-bond acceptors (Lipinski definition) is 10. The van der Waals surface area contributed by atoms with Gasteiger partial charge in [-0.2, -0.15) is 11.8 Å². The van der Waals surface area contributed by atoms with E-state index in [-0.39, 0.29) is 25.0 Å². The lowest BCUT2D eigenvalue weighted by Crippen LogP contribution is -2.59. The van der Waals surface area contributed by atoms with E-state index < -0.39 is 78.7 Å². The van der Waals surface area contributed by atoms with Crippen LogP contribution in [0.3, 0.4) is 0 Å². The minimum Gasteiger partial charge on any atom is -0.508 e. The highest BCUT2D eigenvalue weighted by Gasteiger charge is 2.32. The summed E-state index contributed by atoms with van der Waals surface area (Å²) in [5, 5.41) is 39.2. The summed E-state index contributed by atoms with van der Waals surface area (Å²) in [6.07, 6.45) is 2.91. The SMILES string of the molecule is CSCC[C@H](NC(=O)[C@H](Cc1c[nH]c2ccccc12)NC(=O)[C@H](Cc1ccc(O)cc1)NC(=O)[C@@H](N)CC(N)=O)C(=O)N[C@@H](CO)C(=O)O. The lowest BCUT2D eigenvalue weighted by atomic mass is 10.0. The van der Waals surface area contributed by atoms with Crippen molar-refractivity contribution in [3.05, 3.63) is 65.9 Å². The molecule has 5 amide bonds. The molecule has 264 valence electrons. The Morgan fingerprint density at radius 2 is 1.39 bits per heavy atom. The maximum absolute atomic E-state index is 13.9. The molecule has 12 N–H and O–H groups in total. The van der Waals surface area contributed by atoms with Gasteiger partial charge in [-0.1, -0.05) is 30.3 Å². The number of H-pyrrole nitrogens is 1. The summed E-state index contributed by atoms with van der Waals surface area (Å²) in [6.45, 7) is -0.874. The number of carboxylic acids is 1. The second-order valence-corrected chi connectivity index (χ2v) is 12.2. The van der Waals surface area contributed by atoms with E-state index in [9.17, 15) is 44.1 Å². The van der Waals surface area contributed by atoms with Crippen LogP contribution in [0.4, 0.5) is 0 Å². The predicted octanol–water partition coefficient (Wildman–Crippen LogP) is -1.37. The van der Waals surface area contributed by atoms with E-state index >= 15 is 0 Å². The molecular weight excluding hydrogens is 658 g/mol. The van der Waals surface area contributed by atoms with Gasteiger partial charge in [-0.15, -0.1) is 0 Å². The number of phenolic OH excluding ortho intramolecular Hbond substituents is 1. The number of benzene rings is 2. The first kappa shape index (κ1) is 38.3. The first-order valence-electron chi connectivity index (χ1n) is 15.2. The molecule has 0 radical (unpaired) electrons. The van der Waals surface area contributed by atoms with Gasteiger partial charge in [0.15, 0.2) is 0 Å². The molecule has 0 bridgehead atoms. The molecule has 0 saturated carbocycles. The van der Waals surface area contributed by atoms with E-state index in [0.717, 1.165) is 10.9 Å². The fraction of sp³-hybridized carbons (Fsp3) is 0.375. The summed E-state index contributed by atoms with van der Waals surface area (Å²) in [7, 11) is 0. The Labute approximate surface area is 285 Å². The zero-order valence-electron chi connectivity index (χ0n) is 26.7. The summed E-state index contributed by atoms with van der Waals surface area (Å²) >= 11 is 1.38. The molecule has 0 aliphatic heterocycles. The number of aromatic amines is 1. The molecule has 17 heteroatoms. The summed E-state index contributed by atoms with van der Waals surface area (Å²) < 4.78 is 0. The molecule has 3 aromatic rings. The number of rotatable bonds is 19. The number of aliphatic carboxylic acids is 1. The predicted molar refractivity (Wildman–Crippen MR) is 181 cm³/mol. The van der Waals surface area contributed by atoms with Crippen LogP contribution in [0.2, 0.25) is 0 Å². The van der Waals surface area contributed by atoms with Crippen molar-refractivity contribution in [2.75, 3.05) is 18.6 Å². The summed E-state index contributed by atoms with van der Waals surface area (Å²) in [5.74, 6) is -5.19. The number of phenols is 1. The second-order valence-electron chi connectivity index (χ2n) is 11.3. The molecule has 0 fully saturated rings. The number of nitrogens with two attached hydrogens (primary N) is 2. The molecule has 0 aliphatic rings. The van der Waals surface area contributed by atoms with Gasteiger partial charge in [-0.25, -0.2) is 4.79 Å². The highest BCUT2D eigenvalue weighted by Crippen LogP contribution is 2.20. The Morgan fingerprint density at radius 1 is 0.816 bits per heavy atom. The number of nitrogens with one attached hydrogen (secondary N) is 5. The van der Waals surface area contributed by atoms with Gasteiger partial charge in [-0.05, 0) is 47.8 Å². The van der Waals surface area contributed by atoms with Crippen molar-refractivity contribution in [1.82, 2.24) is 26.3 Å². The van der Waals surface area contributed by atoms with E-state index in [1.54, 1.807) is 18.5 Å². The molecule has 1 aromatic heterocycles. The number of aliphatic hydroxyl groups is 1. The van der Waals surface area contributed by atoms with Crippen molar-refractivity contribution in [1.29, 1.82) is 0 Å². The van der Waals surface area contributed by atoms with Gasteiger partial charge in [0.2, 0.25) is 29.5 Å². The monoisotopic (exact) mass is 699 g/mol. The number of fused-ring (bicyclic) bond motifs is 1. The number of aliphatic hydroxyl groups excluding tert-OH is 1. The fourth-order valence-electron chi connectivity index (χ4n) is 4.90. The minimum absolute atomic E-state index is 0.0264. The van der Waals surface area contributed by atoms with Crippen molar-refractivity contribution in [2.45, 2.75) is 55.9 Å². The molecule has 0 saturated heterocycles. The highest BCUT2D eigenvalue weighted by atomic mass is 32.2. The van der Waals surface area contributed by atoms with Gasteiger partial charge in [-0.3, -0.25) is 24.0 Å². The van der Waals surface area contributed by atoms with Crippen LogP contribution in [0.5, 0.6) is 5.75 Å². The van der Waals surface area contributed by atoms with Crippen LogP contribution < -0.4 is 32.7 Å². The van der Waals surface area contributed by atoms with E-state index in [1.165, 1.54) is 36.0 Å². The molecule has 49 heavy (non-hydrogen) atoms. The topological polar surface area (TPSA) is 279 Å². The molecule has 2 aromatic carbocycles. The number of aromatic hydroxyl groups is 1. The summed E-state index contributed by atoms with van der Waals surface area (Å²) in [5.41, 5.74) is 13.0. The Bertz CT molecular complexity index is 1630. The summed E-state index contributed by atoms with van der Waals surface area (Å²) in [6, 6.07) is 6.30. The molecule has 0 spiro atoms. The van der Waals surface area contributed by atoms with Gasteiger partial charge in [0.25, 0.3) is 0 Å². The number of primary amides is 1. The second kappa shape index (κ2) is 18.4. The van der Waals surface area contributed by atoms with Gasteiger partial charge in [0.1, 0.15) is 29.9 Å². The molecule has 0 unspecified atom stereocenters. The molecule has 1 heterocycles. The van der Waals surface area contributed by atoms with Crippen molar-refractivity contribution in [3.63, 3.8) is 0 Å². The number of amides is 5. The average Bonchev–Trinajstić information content (AvgIpc) is 3.47. The number of thioether (sulfide) groups is 1. The lowest BCUT2D eigenvalue weighted by Gasteiger charge is -2.26. The van der Waals surface area contributed by atoms with Crippen molar-refractivity contribution >= 4 is 58.2 Å². The maximum atomic E-state index is 13.9. The number of carboxylic acid groups (broad SMARTS) is 1. The Morgan fingerprint density at radius 3 is 2.00 bits per heavy atom. The van der Waals surface area contributed by atoms with E-state index in [4.69, 9.17) is 11.5 Å². The Balaban J connectivity index is 1.94. The number of aromatic nitrogens is 1. The van der Waals surface area contributed by atoms with E-state index in [2.05, 4.69) is 26.3 Å². The Kier molecular flexibility index (Phi) is 14.4. The summed E-state index contributed by atoms with van der Waals surface area (Å²) in [4.78, 5) is 79.7. The standard InChI is InChI=1S/C32H41N7O9S/c1-49-11-10-23(29(44)39-26(16-40)32(47)48)36-31(46)25(13-18-15-35-22-5-3-2-4-20(18)22)38-30(45)24(12-17-6-8-19(41)9-7-17)37-28(43)21(33)14-27(34)42/h2-9,15,21,23-26,35,40-41H,10-14,16,33H2,1H3,(H2,34,42)(H,36,46)(H,37,43)(H,38,45)(H,39,44)(H,47,48)/t21-,23-,24-,25-,26-/m0/s1. The third-order valence-electron chi connectivity index (χ3n) is 7.54. The zero-order chi connectivity index (χ0) is 36.1. The first-order chi connectivity index (χ1) is 23.3. The van der Waals surface area contributed by atoms with Crippen LogP contribution in [0.25, 0.3) is 10.9 Å². The van der Waals surface area contributed by atoms with Crippen molar-refractivity contribution in [2.24, 2.45) is 11.5 Å². The van der Waals surface area contributed by atoms with Crippen LogP contribution in [0.15, 0.2) is 54.7 Å². The van der Waals surface area contributed by atoms with Crippen molar-refractivity contribution in [3.8, 4) is 5.75 Å². The molecular formula is C32H41N7O9S. The van der Waals surface area contributed by atoms with Gasteiger partial charge < -0.3 is 53.0 Å². The van der Waals surface area contributed by atoms with Crippen LogP contribution in [-0.2, 0) is 41.6 Å². The Hall–Kier alpha value is -5.13. The van der Waals surface area contributed by atoms with Gasteiger partial charge >= 0.3 is 5.97 Å². The van der Waals surface area contributed by atoms with Gasteiger partial charge in [0, 0.05) is 29.9 Å². The lowest BCUT2D eigenvalue weighted by molar-refractivity contribution is -0.143. The fourth-order valence-corrected chi connectivity index (χ4v) is 5.37. The van der Waals surface area contributed by atoms with E-state index in [0.29, 0.717) is 16.9 Å². The van der Waals surface area contributed by atoms with E-state index in [1.807, 2.05) is 18.2 Å². The largest absolute Gasteiger partial charge is 0.508 e. The third-order valence-corrected chi connectivity index (χ3v) is 8.18. The normalized spacial score (nSPS) is 14.1. The molecule has 16 nitrogen and oxygen atoms in total. The number of carbonyl (C=O) groups excluding carboxylic acids is 5. The molecule has 3 rings (SSSR count). The van der Waals surface area contributed by atoms with Crippen molar-refractivity contribution < 1.29 is 44.1 Å².